The largest absolute Gasteiger partial charge is 0.393 e. The Bertz CT molecular complexity index is 128. The minimum Gasteiger partial charge on any atom is -0.393 e. The van der Waals surface area contributed by atoms with Gasteiger partial charge in [0.25, 0.3) is 0 Å². The van der Waals surface area contributed by atoms with Gasteiger partial charge in [-0.25, -0.2) is 0 Å². The molecule has 0 aromatic carbocycles. The zero-order chi connectivity index (χ0) is 8.53. The summed E-state index contributed by atoms with van der Waals surface area (Å²) < 4.78 is 0. The third kappa shape index (κ3) is 7.30. The molecule has 0 rings (SSSR count). The maximum Gasteiger partial charge on any atom is 0.0615 e. The third-order valence-electron chi connectivity index (χ3n) is 1.37. The van der Waals surface area contributed by atoms with Crippen molar-refractivity contribution in [3.8, 4) is 0 Å². The molecule has 1 atom stereocenters. The average Bonchev–Trinajstić information content (AvgIpc) is 2.04. The van der Waals surface area contributed by atoms with E-state index < -0.39 is 0 Å². The molecule has 64 valence electrons. The van der Waals surface area contributed by atoms with Gasteiger partial charge < -0.3 is 10.2 Å². The third-order valence-corrected chi connectivity index (χ3v) is 1.37. The van der Waals surface area contributed by atoms with E-state index in [9.17, 15) is 0 Å². The van der Waals surface area contributed by atoms with Crippen molar-refractivity contribution in [1.82, 2.24) is 0 Å². The molecule has 0 spiro atoms. The highest BCUT2D eigenvalue weighted by atomic mass is 16.3. The fraction of sp³-hybridized carbons (Fsp3) is 0.556. The smallest absolute Gasteiger partial charge is 0.0615 e. The van der Waals surface area contributed by atoms with Gasteiger partial charge in [0.2, 0.25) is 0 Å². The van der Waals surface area contributed by atoms with Crippen LogP contribution in [0.5, 0.6) is 0 Å². The summed E-state index contributed by atoms with van der Waals surface area (Å²) in [5.41, 5.74) is 0. The summed E-state index contributed by atoms with van der Waals surface area (Å²) >= 11 is 0. The Morgan fingerprint density at radius 1 is 1.27 bits per heavy atom. The number of aliphatic hydroxyl groups excluding tert-OH is 2. The van der Waals surface area contributed by atoms with E-state index in [0.717, 1.165) is 6.42 Å². The fourth-order valence-electron chi connectivity index (χ4n) is 0.620. The standard InChI is InChI=1S/C9H16O2/c1-2-9(11)7-5-3-4-6-8-10/h3-6,9-11H,2,7-8H2,1H3. The van der Waals surface area contributed by atoms with Crippen LogP contribution in [0, 0.1) is 0 Å². The van der Waals surface area contributed by atoms with E-state index in [-0.39, 0.29) is 12.7 Å². The molecule has 0 bridgehead atoms. The molecule has 0 heterocycles. The van der Waals surface area contributed by atoms with Gasteiger partial charge in [0.05, 0.1) is 12.7 Å². The van der Waals surface area contributed by atoms with E-state index in [1.807, 2.05) is 19.1 Å². The van der Waals surface area contributed by atoms with Gasteiger partial charge in [-0.15, -0.1) is 0 Å². The molecule has 0 saturated heterocycles. The molecule has 1 unspecified atom stereocenters. The Hall–Kier alpha value is -0.600. The molecule has 0 aliphatic rings. The van der Waals surface area contributed by atoms with E-state index in [1.54, 1.807) is 12.2 Å². The zero-order valence-corrected chi connectivity index (χ0v) is 6.90. The second kappa shape index (κ2) is 7.51. The number of hydrogen-bond donors (Lipinski definition) is 2. The van der Waals surface area contributed by atoms with Crippen LogP contribution in [0.3, 0.4) is 0 Å². The lowest BCUT2D eigenvalue weighted by Gasteiger charge is -2.00. The number of rotatable bonds is 5. The summed E-state index contributed by atoms with van der Waals surface area (Å²) in [4.78, 5) is 0. The van der Waals surface area contributed by atoms with Gasteiger partial charge in [-0.3, -0.25) is 0 Å². The molecule has 0 amide bonds. The van der Waals surface area contributed by atoms with Crippen molar-refractivity contribution in [2.45, 2.75) is 25.9 Å². The zero-order valence-electron chi connectivity index (χ0n) is 6.90. The van der Waals surface area contributed by atoms with Crippen LogP contribution in [0.1, 0.15) is 19.8 Å². The van der Waals surface area contributed by atoms with Crippen molar-refractivity contribution in [2.24, 2.45) is 0 Å². The highest BCUT2D eigenvalue weighted by molar-refractivity contribution is 5.02. The highest BCUT2D eigenvalue weighted by Gasteiger charge is 1.93. The number of hydrogen-bond acceptors (Lipinski definition) is 2. The van der Waals surface area contributed by atoms with Gasteiger partial charge in [-0.1, -0.05) is 31.2 Å². The Balaban J connectivity index is 3.36. The first-order valence-corrected chi connectivity index (χ1v) is 3.91. The molecule has 2 heteroatoms. The van der Waals surface area contributed by atoms with Crippen molar-refractivity contribution < 1.29 is 10.2 Å². The normalized spacial score (nSPS) is 14.8. The lowest BCUT2D eigenvalue weighted by atomic mass is 10.2. The Kier molecular flexibility index (Phi) is 7.10. The van der Waals surface area contributed by atoms with Crippen LogP contribution in [0.4, 0.5) is 0 Å². The molecule has 0 aromatic rings. The minimum absolute atomic E-state index is 0.0701. The second-order valence-electron chi connectivity index (χ2n) is 2.34. The predicted molar refractivity (Wildman–Crippen MR) is 46.3 cm³/mol. The molecule has 2 nitrogen and oxygen atoms in total. The molecule has 0 saturated carbocycles. The van der Waals surface area contributed by atoms with E-state index in [0.29, 0.717) is 6.42 Å². The van der Waals surface area contributed by atoms with Crippen molar-refractivity contribution >= 4 is 0 Å². The molecule has 0 aromatic heterocycles. The molecule has 0 aliphatic carbocycles. The fourth-order valence-corrected chi connectivity index (χ4v) is 0.620. The SMILES string of the molecule is CCC(O)CC=CC=CCO. The van der Waals surface area contributed by atoms with E-state index in [4.69, 9.17) is 10.2 Å². The molecule has 0 aliphatic heterocycles. The van der Waals surface area contributed by atoms with E-state index >= 15 is 0 Å². The molecular weight excluding hydrogens is 140 g/mol. The molecule has 2 N–H and O–H groups in total. The van der Waals surface area contributed by atoms with Crippen LogP contribution in [0.2, 0.25) is 0 Å². The van der Waals surface area contributed by atoms with Crippen LogP contribution in [-0.2, 0) is 0 Å². The first-order chi connectivity index (χ1) is 5.31. The van der Waals surface area contributed by atoms with Gasteiger partial charge in [-0.2, -0.15) is 0 Å². The quantitative estimate of drug-likeness (QED) is 0.588. The molecular formula is C9H16O2. The first-order valence-electron chi connectivity index (χ1n) is 3.91. The Morgan fingerprint density at radius 3 is 2.45 bits per heavy atom. The van der Waals surface area contributed by atoms with Crippen LogP contribution >= 0.6 is 0 Å². The summed E-state index contributed by atoms with van der Waals surface area (Å²) in [7, 11) is 0. The monoisotopic (exact) mass is 156 g/mol. The van der Waals surface area contributed by atoms with E-state index in [2.05, 4.69) is 0 Å². The van der Waals surface area contributed by atoms with Crippen molar-refractivity contribution in [3.05, 3.63) is 24.3 Å². The first kappa shape index (κ1) is 10.4. The number of aliphatic hydroxyl groups is 2. The Morgan fingerprint density at radius 2 is 1.91 bits per heavy atom. The van der Waals surface area contributed by atoms with Crippen LogP contribution < -0.4 is 0 Å². The summed E-state index contributed by atoms with van der Waals surface area (Å²) in [6.45, 7) is 2.02. The topological polar surface area (TPSA) is 40.5 Å². The predicted octanol–water partition coefficient (Wildman–Crippen LogP) is 1.25. The maximum absolute atomic E-state index is 9.09. The highest BCUT2D eigenvalue weighted by Crippen LogP contribution is 1.97. The van der Waals surface area contributed by atoms with E-state index in [1.165, 1.54) is 0 Å². The second-order valence-corrected chi connectivity index (χ2v) is 2.34. The Labute approximate surface area is 67.9 Å². The van der Waals surface area contributed by atoms with Crippen LogP contribution in [0.15, 0.2) is 24.3 Å². The maximum atomic E-state index is 9.09. The van der Waals surface area contributed by atoms with Gasteiger partial charge in [-0.05, 0) is 12.8 Å². The van der Waals surface area contributed by atoms with Gasteiger partial charge in [0.15, 0.2) is 0 Å². The van der Waals surface area contributed by atoms with Crippen molar-refractivity contribution in [3.63, 3.8) is 0 Å². The van der Waals surface area contributed by atoms with Gasteiger partial charge in [0.1, 0.15) is 0 Å². The summed E-state index contributed by atoms with van der Waals surface area (Å²) in [5, 5.41) is 17.4. The minimum atomic E-state index is -0.228. The average molecular weight is 156 g/mol. The molecule has 11 heavy (non-hydrogen) atoms. The van der Waals surface area contributed by atoms with Crippen LogP contribution in [0.25, 0.3) is 0 Å². The molecule has 0 fully saturated rings. The summed E-state index contributed by atoms with van der Waals surface area (Å²) in [5.74, 6) is 0. The summed E-state index contributed by atoms with van der Waals surface area (Å²) in [6.07, 6.45) is 8.38. The lowest BCUT2D eigenvalue weighted by Crippen LogP contribution is -2.00. The van der Waals surface area contributed by atoms with Gasteiger partial charge >= 0.3 is 0 Å². The van der Waals surface area contributed by atoms with Crippen molar-refractivity contribution in [2.75, 3.05) is 6.61 Å². The lowest BCUT2D eigenvalue weighted by molar-refractivity contribution is 0.174. The number of allylic oxidation sites excluding steroid dienone is 2. The molecule has 0 radical (unpaired) electrons. The van der Waals surface area contributed by atoms with Crippen LogP contribution in [-0.4, -0.2) is 22.9 Å². The summed E-state index contributed by atoms with van der Waals surface area (Å²) in [6, 6.07) is 0. The van der Waals surface area contributed by atoms with Gasteiger partial charge in [0, 0.05) is 0 Å². The van der Waals surface area contributed by atoms with Crippen molar-refractivity contribution in [1.29, 1.82) is 0 Å².